The number of carbonyl (C=O) groups excluding carboxylic acids is 2. The minimum Gasteiger partial charge on any atom is -0.372 e. The van der Waals surface area contributed by atoms with Crippen LogP contribution in [0, 0.1) is 5.92 Å². The van der Waals surface area contributed by atoms with Crippen LogP contribution >= 0.6 is 0 Å². The lowest BCUT2D eigenvalue weighted by Gasteiger charge is -2.39. The Hall–Kier alpha value is -1.88. The zero-order valence-corrected chi connectivity index (χ0v) is 17.9. The third kappa shape index (κ3) is 4.75. The number of likely N-dealkylation sites (tertiary alicyclic amines) is 1. The number of benzene rings is 1. The fourth-order valence-corrected chi connectivity index (χ4v) is 4.24. The van der Waals surface area contributed by atoms with Crippen molar-refractivity contribution in [1.82, 2.24) is 9.80 Å². The van der Waals surface area contributed by atoms with Gasteiger partial charge < -0.3 is 14.5 Å². The molecule has 0 radical (unpaired) electrons. The summed E-state index contributed by atoms with van der Waals surface area (Å²) in [5.41, 5.74) is 2.03. The summed E-state index contributed by atoms with van der Waals surface area (Å²) in [6.07, 6.45) is 1.66. The van der Waals surface area contributed by atoms with E-state index in [1.165, 1.54) is 5.56 Å². The molecular formula is C23H34N2O3. The quantitative estimate of drug-likeness (QED) is 0.782. The van der Waals surface area contributed by atoms with Gasteiger partial charge in [0.25, 0.3) is 5.91 Å². The zero-order valence-electron chi connectivity index (χ0n) is 17.9. The second kappa shape index (κ2) is 8.24. The summed E-state index contributed by atoms with van der Waals surface area (Å²) < 4.78 is 5.73. The Bertz CT molecular complexity index is 690. The van der Waals surface area contributed by atoms with E-state index in [0.29, 0.717) is 26.2 Å². The van der Waals surface area contributed by atoms with Crippen LogP contribution in [-0.2, 0) is 14.9 Å². The van der Waals surface area contributed by atoms with Crippen molar-refractivity contribution in [2.45, 2.75) is 65.1 Å². The molecule has 28 heavy (non-hydrogen) atoms. The Balaban J connectivity index is 1.56. The van der Waals surface area contributed by atoms with E-state index in [2.05, 4.69) is 20.8 Å². The van der Waals surface area contributed by atoms with Crippen molar-refractivity contribution in [3.05, 3.63) is 35.4 Å². The van der Waals surface area contributed by atoms with Crippen LogP contribution in [0.1, 0.15) is 63.4 Å². The monoisotopic (exact) mass is 386 g/mol. The molecule has 1 aromatic carbocycles. The summed E-state index contributed by atoms with van der Waals surface area (Å²) in [5.74, 6) is 0.313. The maximum atomic E-state index is 12.9. The normalized spacial score (nSPS) is 24.3. The number of morpholine rings is 1. The maximum absolute atomic E-state index is 12.9. The van der Waals surface area contributed by atoms with E-state index in [1.54, 1.807) is 0 Å². The number of nitrogens with zero attached hydrogens (tertiary/aromatic N) is 2. The summed E-state index contributed by atoms with van der Waals surface area (Å²) >= 11 is 0. The fraction of sp³-hybridized carbons (Fsp3) is 0.652. The van der Waals surface area contributed by atoms with Crippen LogP contribution in [-0.4, -0.2) is 60.0 Å². The molecule has 2 aliphatic heterocycles. The molecule has 2 aliphatic rings. The van der Waals surface area contributed by atoms with E-state index in [9.17, 15) is 9.59 Å². The van der Waals surface area contributed by atoms with Crippen molar-refractivity contribution >= 4 is 11.8 Å². The fourth-order valence-electron chi connectivity index (χ4n) is 4.24. The van der Waals surface area contributed by atoms with Crippen molar-refractivity contribution in [3.63, 3.8) is 0 Å². The molecule has 154 valence electrons. The van der Waals surface area contributed by atoms with Crippen molar-refractivity contribution in [2.75, 3.05) is 26.2 Å². The van der Waals surface area contributed by atoms with Crippen molar-refractivity contribution < 1.29 is 14.3 Å². The number of carbonyl (C=O) groups is 2. The van der Waals surface area contributed by atoms with Crippen molar-refractivity contribution in [3.8, 4) is 0 Å². The Kier molecular flexibility index (Phi) is 6.13. The van der Waals surface area contributed by atoms with Gasteiger partial charge in [-0.05, 0) is 49.8 Å². The van der Waals surface area contributed by atoms with Gasteiger partial charge in [-0.2, -0.15) is 0 Å². The van der Waals surface area contributed by atoms with E-state index in [1.807, 2.05) is 47.9 Å². The molecule has 3 rings (SSSR count). The van der Waals surface area contributed by atoms with Gasteiger partial charge in [0.15, 0.2) is 0 Å². The highest BCUT2D eigenvalue weighted by molar-refractivity contribution is 5.94. The molecule has 0 N–H and O–H groups in total. The highest BCUT2D eigenvalue weighted by Crippen LogP contribution is 2.25. The molecule has 0 saturated carbocycles. The van der Waals surface area contributed by atoms with Gasteiger partial charge in [-0.25, -0.2) is 0 Å². The van der Waals surface area contributed by atoms with Gasteiger partial charge in [-0.3, -0.25) is 9.59 Å². The van der Waals surface area contributed by atoms with Gasteiger partial charge in [-0.15, -0.1) is 0 Å². The molecule has 0 bridgehead atoms. The molecule has 2 atom stereocenters. The minimum atomic E-state index is 0.0183. The number of amides is 2. The van der Waals surface area contributed by atoms with Gasteiger partial charge >= 0.3 is 0 Å². The summed E-state index contributed by atoms with van der Waals surface area (Å²) in [5, 5.41) is 0. The number of hydrogen-bond acceptors (Lipinski definition) is 3. The average molecular weight is 387 g/mol. The number of rotatable bonds is 2. The van der Waals surface area contributed by atoms with Crippen LogP contribution in [0.4, 0.5) is 0 Å². The lowest BCUT2D eigenvalue weighted by molar-refractivity contribution is -0.148. The first-order valence-electron chi connectivity index (χ1n) is 10.5. The molecule has 2 saturated heterocycles. The van der Waals surface area contributed by atoms with E-state index in [0.717, 1.165) is 18.4 Å². The first-order valence-corrected chi connectivity index (χ1v) is 10.5. The molecule has 2 amide bonds. The Labute approximate surface area is 169 Å². The SMILES string of the molecule is CC1CN(C(=O)C2CCN(C(=O)c3ccc(C(C)(C)C)cc3)CC2)CC(C)O1. The van der Waals surface area contributed by atoms with Crippen molar-refractivity contribution in [2.24, 2.45) is 5.92 Å². The van der Waals surface area contributed by atoms with Crippen LogP contribution in [0.2, 0.25) is 0 Å². The van der Waals surface area contributed by atoms with Gasteiger partial charge in [0.05, 0.1) is 12.2 Å². The zero-order chi connectivity index (χ0) is 20.5. The van der Waals surface area contributed by atoms with Crippen LogP contribution in [0.25, 0.3) is 0 Å². The molecule has 0 aromatic heterocycles. The van der Waals surface area contributed by atoms with E-state index in [4.69, 9.17) is 4.74 Å². The van der Waals surface area contributed by atoms with Crippen LogP contribution in [0.3, 0.4) is 0 Å². The molecule has 5 heteroatoms. The summed E-state index contributed by atoms with van der Waals surface area (Å²) in [7, 11) is 0. The molecule has 2 heterocycles. The van der Waals surface area contributed by atoms with Gasteiger partial charge in [0.1, 0.15) is 0 Å². The van der Waals surface area contributed by atoms with Crippen LogP contribution in [0.15, 0.2) is 24.3 Å². The second-order valence-electron chi connectivity index (χ2n) is 9.39. The smallest absolute Gasteiger partial charge is 0.253 e. The summed E-state index contributed by atoms with van der Waals surface area (Å²) in [6.45, 7) is 13.2. The lowest BCUT2D eigenvalue weighted by Crippen LogP contribution is -2.51. The Morgan fingerprint density at radius 3 is 1.96 bits per heavy atom. The minimum absolute atomic E-state index is 0.0183. The van der Waals surface area contributed by atoms with E-state index in [-0.39, 0.29) is 35.4 Å². The standard InChI is InChI=1S/C23H34N2O3/c1-16-14-25(15-17(2)28-16)22(27)19-10-12-24(13-11-19)21(26)18-6-8-20(9-7-18)23(3,4)5/h6-9,16-17,19H,10-15H2,1-5H3. The predicted octanol–water partition coefficient (Wildman–Crippen LogP) is 3.47. The second-order valence-corrected chi connectivity index (χ2v) is 9.39. The number of hydrogen-bond donors (Lipinski definition) is 0. The third-order valence-electron chi connectivity index (χ3n) is 5.86. The molecule has 2 fully saturated rings. The summed E-state index contributed by atoms with van der Waals surface area (Å²) in [4.78, 5) is 29.6. The Morgan fingerprint density at radius 2 is 1.46 bits per heavy atom. The van der Waals surface area contributed by atoms with E-state index >= 15 is 0 Å². The topological polar surface area (TPSA) is 49.9 Å². The molecular weight excluding hydrogens is 352 g/mol. The molecule has 5 nitrogen and oxygen atoms in total. The summed E-state index contributed by atoms with van der Waals surface area (Å²) in [6, 6.07) is 7.95. The van der Waals surface area contributed by atoms with Gasteiger partial charge in [0.2, 0.25) is 5.91 Å². The molecule has 0 spiro atoms. The number of piperidine rings is 1. The Morgan fingerprint density at radius 1 is 0.929 bits per heavy atom. The first-order chi connectivity index (χ1) is 13.1. The van der Waals surface area contributed by atoms with E-state index < -0.39 is 0 Å². The third-order valence-corrected chi connectivity index (χ3v) is 5.86. The van der Waals surface area contributed by atoms with Crippen LogP contribution in [0.5, 0.6) is 0 Å². The van der Waals surface area contributed by atoms with Crippen molar-refractivity contribution in [1.29, 1.82) is 0 Å². The highest BCUT2D eigenvalue weighted by Gasteiger charge is 2.33. The number of ether oxygens (including phenoxy) is 1. The predicted molar refractivity (Wildman–Crippen MR) is 110 cm³/mol. The van der Waals surface area contributed by atoms with Gasteiger partial charge in [0, 0.05) is 37.7 Å². The molecule has 0 aliphatic carbocycles. The molecule has 1 aromatic rings. The maximum Gasteiger partial charge on any atom is 0.253 e. The first kappa shape index (κ1) is 20.8. The lowest BCUT2D eigenvalue weighted by atomic mass is 9.86. The van der Waals surface area contributed by atoms with Crippen LogP contribution < -0.4 is 0 Å². The molecule has 2 unspecified atom stereocenters. The highest BCUT2D eigenvalue weighted by atomic mass is 16.5. The largest absolute Gasteiger partial charge is 0.372 e. The average Bonchev–Trinajstić information content (AvgIpc) is 2.65. The van der Waals surface area contributed by atoms with Gasteiger partial charge in [-0.1, -0.05) is 32.9 Å².